The highest BCUT2D eigenvalue weighted by Gasteiger charge is 2.03. The van der Waals surface area contributed by atoms with Gasteiger partial charge in [-0.25, -0.2) is 9.97 Å². The lowest BCUT2D eigenvalue weighted by Crippen LogP contribution is -2.06. The van der Waals surface area contributed by atoms with Gasteiger partial charge in [-0.3, -0.25) is 4.79 Å². The van der Waals surface area contributed by atoms with Crippen molar-refractivity contribution in [3.8, 4) is 0 Å². The van der Waals surface area contributed by atoms with Gasteiger partial charge in [-0.15, -0.1) is 0 Å². The monoisotopic (exact) mass is 361 g/mol. The summed E-state index contributed by atoms with van der Waals surface area (Å²) < 4.78 is 0. The largest absolute Gasteiger partial charge is 0.340 e. The average molecular weight is 361 g/mol. The molecule has 27 heavy (non-hydrogen) atoms. The Labute approximate surface area is 159 Å². The first-order valence-corrected chi connectivity index (χ1v) is 8.83. The van der Waals surface area contributed by atoms with Crippen LogP contribution in [0.1, 0.15) is 32.3 Å². The standard InChI is InChI=1S/C21H23N5O/c1-14(2)16-7-9-17(10-8-16)25-20-12-21(23-13-22-20)26-19-6-4-5-18(11-19)24-15(3)27/h4-14H,1-3H3,(H,24,27)(H2,22,23,25,26). The Kier molecular flexibility index (Phi) is 5.66. The Hall–Kier alpha value is -3.41. The number of benzene rings is 2. The summed E-state index contributed by atoms with van der Waals surface area (Å²) in [7, 11) is 0. The normalized spacial score (nSPS) is 10.5. The third-order valence-corrected chi connectivity index (χ3v) is 3.97. The van der Waals surface area contributed by atoms with Gasteiger partial charge in [0.25, 0.3) is 0 Å². The van der Waals surface area contributed by atoms with E-state index in [2.05, 4.69) is 51.9 Å². The molecule has 3 aromatic rings. The molecular formula is C21H23N5O. The molecular weight excluding hydrogens is 338 g/mol. The van der Waals surface area contributed by atoms with Crippen LogP contribution < -0.4 is 16.0 Å². The van der Waals surface area contributed by atoms with Crippen LogP contribution in [0.4, 0.5) is 28.7 Å². The summed E-state index contributed by atoms with van der Waals surface area (Å²) in [5.74, 6) is 1.75. The fourth-order valence-corrected chi connectivity index (χ4v) is 2.62. The van der Waals surface area contributed by atoms with E-state index in [-0.39, 0.29) is 5.91 Å². The zero-order valence-corrected chi connectivity index (χ0v) is 15.7. The maximum Gasteiger partial charge on any atom is 0.221 e. The van der Waals surface area contributed by atoms with Gasteiger partial charge in [0.15, 0.2) is 0 Å². The second kappa shape index (κ2) is 8.31. The van der Waals surface area contributed by atoms with Gasteiger partial charge in [-0.2, -0.15) is 0 Å². The first kappa shape index (κ1) is 18.4. The van der Waals surface area contributed by atoms with Gasteiger partial charge >= 0.3 is 0 Å². The highest BCUT2D eigenvalue weighted by Crippen LogP contribution is 2.23. The average Bonchev–Trinajstić information content (AvgIpc) is 2.62. The minimum atomic E-state index is -0.107. The number of nitrogens with one attached hydrogen (secondary N) is 3. The molecule has 0 aliphatic heterocycles. The lowest BCUT2D eigenvalue weighted by atomic mass is 10.0. The molecule has 0 fully saturated rings. The van der Waals surface area contributed by atoms with Gasteiger partial charge in [0, 0.05) is 30.1 Å². The van der Waals surface area contributed by atoms with E-state index in [4.69, 9.17) is 0 Å². The summed E-state index contributed by atoms with van der Waals surface area (Å²) in [4.78, 5) is 19.7. The fourth-order valence-electron chi connectivity index (χ4n) is 2.62. The van der Waals surface area contributed by atoms with Crippen LogP contribution in [0.3, 0.4) is 0 Å². The summed E-state index contributed by atoms with van der Waals surface area (Å²) >= 11 is 0. The maximum atomic E-state index is 11.2. The number of hydrogen-bond donors (Lipinski definition) is 3. The quantitative estimate of drug-likeness (QED) is 0.573. The number of nitrogens with zero attached hydrogens (tertiary/aromatic N) is 2. The third kappa shape index (κ3) is 5.28. The number of carbonyl (C=O) groups is 1. The molecule has 0 atom stereocenters. The van der Waals surface area contributed by atoms with Crippen molar-refractivity contribution in [3.63, 3.8) is 0 Å². The van der Waals surface area contributed by atoms with Gasteiger partial charge in [-0.05, 0) is 41.8 Å². The van der Waals surface area contributed by atoms with Crippen molar-refractivity contribution in [3.05, 3.63) is 66.5 Å². The number of anilines is 5. The number of amides is 1. The zero-order valence-electron chi connectivity index (χ0n) is 15.7. The van der Waals surface area contributed by atoms with Crippen LogP contribution in [-0.2, 0) is 4.79 Å². The van der Waals surface area contributed by atoms with Crippen molar-refractivity contribution < 1.29 is 4.79 Å². The highest BCUT2D eigenvalue weighted by atomic mass is 16.1. The SMILES string of the molecule is CC(=O)Nc1cccc(Nc2cc(Nc3ccc(C(C)C)cc3)ncn2)c1. The number of carbonyl (C=O) groups excluding carboxylic acids is 1. The Bertz CT molecular complexity index is 922. The van der Waals surface area contributed by atoms with E-state index in [0.29, 0.717) is 17.6 Å². The molecule has 0 bridgehead atoms. The summed E-state index contributed by atoms with van der Waals surface area (Å²) in [6.07, 6.45) is 1.50. The first-order chi connectivity index (χ1) is 13.0. The van der Waals surface area contributed by atoms with Crippen LogP contribution in [0.15, 0.2) is 60.9 Å². The molecule has 3 N–H and O–H groups in total. The predicted molar refractivity (Wildman–Crippen MR) is 110 cm³/mol. The minimum absolute atomic E-state index is 0.107. The first-order valence-electron chi connectivity index (χ1n) is 8.83. The van der Waals surface area contributed by atoms with Crippen molar-refractivity contribution in [1.82, 2.24) is 9.97 Å². The highest BCUT2D eigenvalue weighted by molar-refractivity contribution is 5.89. The second-order valence-corrected chi connectivity index (χ2v) is 6.58. The van der Waals surface area contributed by atoms with E-state index >= 15 is 0 Å². The van der Waals surface area contributed by atoms with Gasteiger partial charge in [0.2, 0.25) is 5.91 Å². The molecule has 0 aliphatic rings. The van der Waals surface area contributed by atoms with E-state index in [0.717, 1.165) is 17.1 Å². The smallest absolute Gasteiger partial charge is 0.221 e. The molecule has 1 aromatic heterocycles. The van der Waals surface area contributed by atoms with Crippen molar-refractivity contribution in [2.75, 3.05) is 16.0 Å². The summed E-state index contributed by atoms with van der Waals surface area (Å²) in [6, 6.07) is 17.6. The summed E-state index contributed by atoms with van der Waals surface area (Å²) in [5.41, 5.74) is 3.82. The number of rotatable bonds is 6. The van der Waals surface area contributed by atoms with Crippen LogP contribution in [0.2, 0.25) is 0 Å². The molecule has 6 heteroatoms. The molecule has 138 valence electrons. The summed E-state index contributed by atoms with van der Waals surface area (Å²) in [5, 5.41) is 9.27. The van der Waals surface area contributed by atoms with E-state index in [1.54, 1.807) is 0 Å². The van der Waals surface area contributed by atoms with Crippen molar-refractivity contribution >= 4 is 34.6 Å². The molecule has 0 aliphatic carbocycles. The zero-order chi connectivity index (χ0) is 19.2. The van der Waals surface area contributed by atoms with Crippen LogP contribution in [0, 0.1) is 0 Å². The maximum absolute atomic E-state index is 11.2. The molecule has 0 spiro atoms. The molecule has 0 saturated carbocycles. The fraction of sp³-hybridized carbons (Fsp3) is 0.190. The van der Waals surface area contributed by atoms with Crippen molar-refractivity contribution in [2.45, 2.75) is 26.7 Å². The number of hydrogen-bond acceptors (Lipinski definition) is 5. The second-order valence-electron chi connectivity index (χ2n) is 6.58. The van der Waals surface area contributed by atoms with Crippen LogP contribution in [0.25, 0.3) is 0 Å². The minimum Gasteiger partial charge on any atom is -0.340 e. The van der Waals surface area contributed by atoms with E-state index in [9.17, 15) is 4.79 Å². The molecule has 0 unspecified atom stereocenters. The molecule has 6 nitrogen and oxygen atoms in total. The molecule has 0 radical (unpaired) electrons. The number of aromatic nitrogens is 2. The topological polar surface area (TPSA) is 78.9 Å². The Morgan fingerprint density at radius 3 is 2.11 bits per heavy atom. The van der Waals surface area contributed by atoms with Crippen LogP contribution in [0.5, 0.6) is 0 Å². The Morgan fingerprint density at radius 2 is 1.48 bits per heavy atom. The molecule has 3 rings (SSSR count). The molecule has 0 saturated heterocycles. The van der Waals surface area contributed by atoms with Gasteiger partial charge < -0.3 is 16.0 Å². The van der Waals surface area contributed by atoms with Crippen LogP contribution in [-0.4, -0.2) is 15.9 Å². The van der Waals surface area contributed by atoms with Crippen molar-refractivity contribution in [2.24, 2.45) is 0 Å². The van der Waals surface area contributed by atoms with Gasteiger partial charge in [0.1, 0.15) is 18.0 Å². The van der Waals surface area contributed by atoms with Crippen molar-refractivity contribution in [1.29, 1.82) is 0 Å². The van der Waals surface area contributed by atoms with E-state index in [1.165, 1.54) is 18.8 Å². The van der Waals surface area contributed by atoms with Gasteiger partial charge in [-0.1, -0.05) is 32.0 Å². The van der Waals surface area contributed by atoms with Crippen LogP contribution >= 0.6 is 0 Å². The lowest BCUT2D eigenvalue weighted by molar-refractivity contribution is -0.114. The summed E-state index contributed by atoms with van der Waals surface area (Å²) in [6.45, 7) is 5.83. The Morgan fingerprint density at radius 1 is 0.852 bits per heavy atom. The third-order valence-electron chi connectivity index (χ3n) is 3.97. The lowest BCUT2D eigenvalue weighted by Gasteiger charge is -2.11. The predicted octanol–water partition coefficient (Wildman–Crippen LogP) is 5.05. The van der Waals surface area contributed by atoms with E-state index in [1.807, 2.05) is 42.5 Å². The molecule has 2 aromatic carbocycles. The Balaban J connectivity index is 1.71. The molecule has 1 heterocycles. The van der Waals surface area contributed by atoms with Gasteiger partial charge in [0.05, 0.1) is 0 Å². The van der Waals surface area contributed by atoms with E-state index < -0.39 is 0 Å². The molecule has 1 amide bonds.